The Labute approximate surface area is 370 Å². The molecule has 0 unspecified atom stereocenters. The van der Waals surface area contributed by atoms with Crippen LogP contribution in [0.4, 0.5) is 0 Å². The van der Waals surface area contributed by atoms with E-state index < -0.39 is 17.7 Å². The summed E-state index contributed by atoms with van der Waals surface area (Å²) in [7, 11) is 0. The van der Waals surface area contributed by atoms with Crippen molar-refractivity contribution in [2.75, 3.05) is 26.4 Å². The number of carbonyl (C=O) groups excluding carboxylic acids is 2. The Kier molecular flexibility index (Phi) is 15.2. The lowest BCUT2D eigenvalue weighted by Gasteiger charge is -2.60. The molecule has 328 valence electrons. The van der Waals surface area contributed by atoms with Crippen LogP contribution in [-0.2, 0) is 16.2 Å². The smallest absolute Gasteiger partial charge is 0.254 e. The normalized spacial score (nSPS) is 22.7. The summed E-state index contributed by atoms with van der Waals surface area (Å²) in [4.78, 5) is 34.7. The van der Waals surface area contributed by atoms with Crippen molar-refractivity contribution in [3.63, 3.8) is 0 Å². The number of aliphatic hydroxyl groups excluding tert-OH is 2. The lowest BCUT2D eigenvalue weighted by Crippen LogP contribution is -2.70. The first-order valence-corrected chi connectivity index (χ1v) is 22.2. The van der Waals surface area contributed by atoms with Gasteiger partial charge in [0, 0.05) is 48.8 Å². The van der Waals surface area contributed by atoms with E-state index in [2.05, 4.69) is 18.7 Å². The van der Waals surface area contributed by atoms with Gasteiger partial charge in [0.25, 0.3) is 5.91 Å². The standard InChI is InChI=1S/C52H57N3O8/c1-3-25-55(51(59)39-21-19-36(33-53)20-22-39)48-32-46(54-61-35-37-13-6-5-7-14-37)44-30-40(16-8-10-26-56)43(18-9-11-27-57)49-45-31-42(62-41-17-12-15-38(29-41)34-58)23-24-47(45)63-52(48,50(44)49)60-28-4-2/h4-7,12-15,17,19-24,29-31,34,40,43,48-50,56-57H,2-3,8-11,16,18,25-28,32,35H2,1H3/t40-,43+,48-,49+,50+,52+/m0/s1. The molecule has 1 saturated carbocycles. The zero-order valence-electron chi connectivity index (χ0n) is 35.9. The summed E-state index contributed by atoms with van der Waals surface area (Å²) in [6, 6.07) is 30.8. The Morgan fingerprint density at radius 3 is 2.44 bits per heavy atom. The van der Waals surface area contributed by atoms with Gasteiger partial charge in [0.2, 0.25) is 5.79 Å². The van der Waals surface area contributed by atoms with Crippen LogP contribution in [0.5, 0.6) is 17.2 Å². The molecule has 2 aliphatic carbocycles. The highest BCUT2D eigenvalue weighted by Crippen LogP contribution is 2.62. The predicted molar refractivity (Wildman–Crippen MR) is 241 cm³/mol. The maximum Gasteiger partial charge on any atom is 0.254 e. The number of hydrogen-bond acceptors (Lipinski definition) is 10. The Balaban J connectivity index is 1.45. The molecule has 0 radical (unpaired) electrons. The van der Waals surface area contributed by atoms with E-state index in [1.807, 2.05) is 66.4 Å². The van der Waals surface area contributed by atoms with E-state index in [9.17, 15) is 25.1 Å². The fourth-order valence-electron chi connectivity index (χ4n) is 9.75. The second-order valence-corrected chi connectivity index (χ2v) is 16.5. The molecule has 4 aromatic rings. The Morgan fingerprint density at radius 2 is 1.73 bits per heavy atom. The van der Waals surface area contributed by atoms with Crippen molar-refractivity contribution in [1.29, 1.82) is 5.26 Å². The van der Waals surface area contributed by atoms with Crippen LogP contribution in [0.3, 0.4) is 0 Å². The highest BCUT2D eigenvalue weighted by molar-refractivity contribution is 6.03. The highest BCUT2D eigenvalue weighted by atomic mass is 16.7. The minimum absolute atomic E-state index is 0.0195. The number of unbranched alkanes of at least 4 members (excludes halogenated alkanes) is 2. The molecule has 0 spiro atoms. The van der Waals surface area contributed by atoms with E-state index in [-0.39, 0.29) is 56.5 Å². The molecule has 0 saturated heterocycles. The van der Waals surface area contributed by atoms with Crippen molar-refractivity contribution in [3.05, 3.63) is 149 Å². The van der Waals surface area contributed by atoms with Crippen molar-refractivity contribution >= 4 is 17.9 Å². The summed E-state index contributed by atoms with van der Waals surface area (Å²) in [5, 5.41) is 34.4. The molecule has 1 fully saturated rings. The Bertz CT molecular complexity index is 2300. The molecular weight excluding hydrogens is 795 g/mol. The Morgan fingerprint density at radius 1 is 0.968 bits per heavy atom. The number of rotatable bonds is 21. The summed E-state index contributed by atoms with van der Waals surface area (Å²) in [5.74, 6) is -0.659. The number of aliphatic hydroxyl groups is 2. The van der Waals surface area contributed by atoms with Crippen LogP contribution in [-0.4, -0.2) is 71.2 Å². The van der Waals surface area contributed by atoms with Crippen LogP contribution in [0.25, 0.3) is 0 Å². The van der Waals surface area contributed by atoms with Gasteiger partial charge < -0.3 is 34.2 Å². The van der Waals surface area contributed by atoms with Crippen LogP contribution in [0, 0.1) is 29.1 Å². The fourth-order valence-corrected chi connectivity index (χ4v) is 9.75. The third kappa shape index (κ3) is 9.94. The molecule has 1 aliphatic heterocycles. The van der Waals surface area contributed by atoms with E-state index in [1.165, 1.54) is 0 Å². The van der Waals surface area contributed by atoms with Gasteiger partial charge in [-0.05, 0) is 110 Å². The van der Waals surface area contributed by atoms with Gasteiger partial charge >= 0.3 is 0 Å². The molecule has 11 heteroatoms. The van der Waals surface area contributed by atoms with Gasteiger partial charge in [0.1, 0.15) is 36.2 Å². The molecule has 3 aliphatic rings. The number of aldehydes is 1. The number of amides is 1. The summed E-state index contributed by atoms with van der Waals surface area (Å²) >= 11 is 0. The van der Waals surface area contributed by atoms with Crippen LogP contribution in [0.1, 0.15) is 102 Å². The molecule has 63 heavy (non-hydrogen) atoms. The molecule has 11 nitrogen and oxygen atoms in total. The number of nitrogens with zero attached hydrogens (tertiary/aromatic N) is 3. The number of fused-ring (bicyclic) bond motifs is 2. The topological polar surface area (TPSA) is 151 Å². The second kappa shape index (κ2) is 21.3. The minimum Gasteiger partial charge on any atom is -0.459 e. The van der Waals surface area contributed by atoms with E-state index in [0.717, 1.165) is 48.7 Å². The summed E-state index contributed by atoms with van der Waals surface area (Å²) in [6.07, 6.45) is 10.2. The zero-order valence-corrected chi connectivity index (χ0v) is 35.9. The second-order valence-electron chi connectivity index (χ2n) is 16.5. The summed E-state index contributed by atoms with van der Waals surface area (Å²) in [5.41, 5.74) is 4.89. The van der Waals surface area contributed by atoms with Gasteiger partial charge in [-0.1, -0.05) is 79.5 Å². The molecule has 1 heterocycles. The van der Waals surface area contributed by atoms with Crippen molar-refractivity contribution < 1.29 is 38.9 Å². The quantitative estimate of drug-likeness (QED) is 0.0362. The zero-order chi connectivity index (χ0) is 44.2. The van der Waals surface area contributed by atoms with Gasteiger partial charge in [-0.3, -0.25) is 9.59 Å². The molecule has 0 aromatic heterocycles. The third-order valence-electron chi connectivity index (χ3n) is 12.5. The number of oxime groups is 1. The lowest BCUT2D eigenvalue weighted by molar-refractivity contribution is -0.254. The van der Waals surface area contributed by atoms with E-state index in [4.69, 9.17) is 24.2 Å². The SMILES string of the molecule is C=CCO[C@@]12Oc3ccc(Oc4cccc(C=O)c4)cc3[C@H]3[C@H](CCCCO)[C@@H](CCCCO)C=C(C(=NOCc4ccccc4)C[C@@H]1N(CCC)C(=O)c1ccc(C#N)cc1)[C@H]32. The predicted octanol–water partition coefficient (Wildman–Crippen LogP) is 9.55. The molecule has 7 rings (SSSR count). The monoisotopic (exact) mass is 851 g/mol. The maximum absolute atomic E-state index is 15.0. The molecular formula is C52H57N3O8. The largest absolute Gasteiger partial charge is 0.459 e. The number of carbonyl (C=O) groups is 2. The van der Waals surface area contributed by atoms with Crippen LogP contribution < -0.4 is 9.47 Å². The van der Waals surface area contributed by atoms with E-state index >= 15 is 0 Å². The number of ether oxygens (including phenoxy) is 3. The number of allylic oxidation sites excluding steroid dienone is 1. The highest BCUT2D eigenvalue weighted by Gasteiger charge is 2.65. The van der Waals surface area contributed by atoms with Crippen molar-refractivity contribution in [2.45, 2.75) is 82.6 Å². The summed E-state index contributed by atoms with van der Waals surface area (Å²) in [6.45, 7) is 6.99. The van der Waals surface area contributed by atoms with E-state index in [0.29, 0.717) is 65.5 Å². The molecule has 6 atom stereocenters. The van der Waals surface area contributed by atoms with Gasteiger partial charge in [-0.25, -0.2) is 0 Å². The van der Waals surface area contributed by atoms with Gasteiger partial charge in [-0.15, -0.1) is 6.58 Å². The lowest BCUT2D eigenvalue weighted by atomic mass is 9.55. The van der Waals surface area contributed by atoms with Gasteiger partial charge in [0.05, 0.1) is 29.9 Å². The van der Waals surface area contributed by atoms with Crippen LogP contribution in [0.2, 0.25) is 0 Å². The van der Waals surface area contributed by atoms with Crippen LogP contribution in [0.15, 0.2) is 127 Å². The molecule has 0 bridgehead atoms. The number of benzene rings is 4. The van der Waals surface area contributed by atoms with Crippen molar-refractivity contribution in [2.24, 2.45) is 22.9 Å². The molecule has 2 N–H and O–H groups in total. The minimum atomic E-state index is -1.43. The Hall–Kier alpha value is -6.06. The van der Waals surface area contributed by atoms with E-state index in [1.54, 1.807) is 48.5 Å². The fraction of sp³-hybridized carbons (Fsp3) is 0.385. The first-order valence-electron chi connectivity index (χ1n) is 22.2. The first-order chi connectivity index (χ1) is 30.9. The number of hydrogen-bond donors (Lipinski definition) is 2. The third-order valence-corrected chi connectivity index (χ3v) is 12.5. The first kappa shape index (κ1) is 45.0. The maximum atomic E-state index is 15.0. The summed E-state index contributed by atoms with van der Waals surface area (Å²) < 4.78 is 20.9. The van der Waals surface area contributed by atoms with Gasteiger partial charge in [0.15, 0.2) is 0 Å². The van der Waals surface area contributed by atoms with Crippen LogP contribution >= 0.6 is 0 Å². The average Bonchev–Trinajstić information content (AvgIpc) is 3.31. The molecule has 4 aromatic carbocycles. The van der Waals surface area contributed by atoms with Gasteiger partial charge in [-0.2, -0.15) is 5.26 Å². The average molecular weight is 852 g/mol. The molecule has 1 amide bonds. The van der Waals surface area contributed by atoms with Crippen molar-refractivity contribution in [1.82, 2.24) is 4.90 Å². The number of nitriles is 1. The van der Waals surface area contributed by atoms with Crippen molar-refractivity contribution in [3.8, 4) is 23.3 Å².